The van der Waals surface area contributed by atoms with Crippen LogP contribution in [0.2, 0.25) is 5.02 Å². The summed E-state index contributed by atoms with van der Waals surface area (Å²) in [5, 5.41) is 3.99. The molecule has 0 amide bonds. The number of benzene rings is 2. The largest absolute Gasteiger partial charge is 0.493 e. The number of fused-ring (bicyclic) bond motifs is 1. The van der Waals surface area contributed by atoms with Crippen molar-refractivity contribution in [1.29, 1.82) is 0 Å². The van der Waals surface area contributed by atoms with E-state index in [-0.39, 0.29) is 6.04 Å². The molecule has 0 saturated carbocycles. The Morgan fingerprint density at radius 2 is 2.10 bits per heavy atom. The smallest absolute Gasteiger partial charge is 0.124 e. The molecular formula is C18H20ClNO. The molecule has 0 bridgehead atoms. The SMILES string of the molecule is CNC(C)c1cc(Cl)ccc1OCC1Cc2ccccc21. The molecule has 2 aromatic rings. The molecule has 1 N–H and O–H groups in total. The van der Waals surface area contributed by atoms with Gasteiger partial charge in [0.1, 0.15) is 5.75 Å². The fraction of sp³-hybridized carbons (Fsp3) is 0.333. The van der Waals surface area contributed by atoms with Gasteiger partial charge in [-0.05, 0) is 49.7 Å². The Bertz CT molecular complexity index is 641. The van der Waals surface area contributed by atoms with Crippen molar-refractivity contribution in [2.24, 2.45) is 0 Å². The monoisotopic (exact) mass is 301 g/mol. The summed E-state index contributed by atoms with van der Waals surface area (Å²) in [6.45, 7) is 2.83. The van der Waals surface area contributed by atoms with Gasteiger partial charge in [0.2, 0.25) is 0 Å². The highest BCUT2D eigenvalue weighted by molar-refractivity contribution is 6.30. The quantitative estimate of drug-likeness (QED) is 0.887. The highest BCUT2D eigenvalue weighted by Gasteiger charge is 2.26. The van der Waals surface area contributed by atoms with Crippen LogP contribution in [0.4, 0.5) is 0 Å². The molecule has 2 aromatic carbocycles. The van der Waals surface area contributed by atoms with Crippen molar-refractivity contribution >= 4 is 11.6 Å². The maximum atomic E-state index is 6.10. The molecule has 0 spiro atoms. The van der Waals surface area contributed by atoms with E-state index < -0.39 is 0 Å². The minimum Gasteiger partial charge on any atom is -0.493 e. The number of halogens is 1. The maximum Gasteiger partial charge on any atom is 0.124 e. The van der Waals surface area contributed by atoms with Crippen molar-refractivity contribution in [3.8, 4) is 5.75 Å². The van der Waals surface area contributed by atoms with Gasteiger partial charge in [0.05, 0.1) is 6.61 Å². The lowest BCUT2D eigenvalue weighted by Crippen LogP contribution is -2.23. The van der Waals surface area contributed by atoms with E-state index >= 15 is 0 Å². The van der Waals surface area contributed by atoms with Crippen LogP contribution in [0.3, 0.4) is 0 Å². The van der Waals surface area contributed by atoms with Gasteiger partial charge >= 0.3 is 0 Å². The summed E-state index contributed by atoms with van der Waals surface area (Å²) < 4.78 is 6.08. The molecule has 1 aliphatic rings. The number of hydrogen-bond acceptors (Lipinski definition) is 2. The Kier molecular flexibility index (Phi) is 4.18. The molecule has 2 unspecified atom stereocenters. The molecule has 1 aliphatic carbocycles. The molecule has 2 atom stereocenters. The number of nitrogens with one attached hydrogen (secondary N) is 1. The van der Waals surface area contributed by atoms with E-state index in [1.807, 2.05) is 25.2 Å². The molecule has 0 fully saturated rings. The second-order valence-electron chi connectivity index (χ2n) is 5.60. The molecule has 0 saturated heterocycles. The van der Waals surface area contributed by atoms with E-state index in [1.54, 1.807) is 0 Å². The highest BCUT2D eigenvalue weighted by Crippen LogP contribution is 2.36. The average Bonchev–Trinajstić information content (AvgIpc) is 2.48. The zero-order valence-corrected chi connectivity index (χ0v) is 13.2. The summed E-state index contributed by atoms with van der Waals surface area (Å²) in [6.07, 6.45) is 1.11. The van der Waals surface area contributed by atoms with Gasteiger partial charge in [-0.3, -0.25) is 0 Å². The summed E-state index contributed by atoms with van der Waals surface area (Å²) in [4.78, 5) is 0. The summed E-state index contributed by atoms with van der Waals surface area (Å²) in [6, 6.07) is 14.6. The van der Waals surface area contributed by atoms with Gasteiger partial charge in [-0.1, -0.05) is 35.9 Å². The molecule has 3 heteroatoms. The normalized spacial score (nSPS) is 17.8. The first-order valence-corrected chi connectivity index (χ1v) is 7.74. The van der Waals surface area contributed by atoms with E-state index in [2.05, 4.69) is 36.5 Å². The Hall–Kier alpha value is -1.51. The third-order valence-electron chi connectivity index (χ3n) is 4.27. The third kappa shape index (κ3) is 2.92. The predicted molar refractivity (Wildman–Crippen MR) is 87.3 cm³/mol. The minimum atomic E-state index is 0.215. The van der Waals surface area contributed by atoms with Crippen LogP contribution in [0.5, 0.6) is 5.75 Å². The van der Waals surface area contributed by atoms with Gasteiger partial charge in [-0.2, -0.15) is 0 Å². The molecule has 0 aliphatic heterocycles. The molecule has 0 radical (unpaired) electrons. The predicted octanol–water partition coefficient (Wildman–Crippen LogP) is 4.34. The zero-order valence-electron chi connectivity index (χ0n) is 12.4. The lowest BCUT2D eigenvalue weighted by Gasteiger charge is -2.30. The Labute approximate surface area is 131 Å². The Morgan fingerprint density at radius 1 is 1.29 bits per heavy atom. The molecule has 0 aromatic heterocycles. The van der Waals surface area contributed by atoms with E-state index in [1.165, 1.54) is 11.1 Å². The molecule has 3 rings (SSSR count). The van der Waals surface area contributed by atoms with E-state index in [0.717, 1.165) is 29.4 Å². The zero-order chi connectivity index (χ0) is 14.8. The van der Waals surface area contributed by atoms with Crippen molar-refractivity contribution in [1.82, 2.24) is 5.32 Å². The first-order chi connectivity index (χ1) is 10.2. The van der Waals surface area contributed by atoms with Crippen molar-refractivity contribution in [2.45, 2.75) is 25.3 Å². The van der Waals surface area contributed by atoms with Gasteiger partial charge in [0, 0.05) is 22.5 Å². The molecule has 2 nitrogen and oxygen atoms in total. The van der Waals surface area contributed by atoms with Gasteiger partial charge in [0.25, 0.3) is 0 Å². The first-order valence-electron chi connectivity index (χ1n) is 7.36. The van der Waals surface area contributed by atoms with Crippen LogP contribution < -0.4 is 10.1 Å². The van der Waals surface area contributed by atoms with Crippen LogP contribution in [-0.4, -0.2) is 13.7 Å². The summed E-state index contributed by atoms with van der Waals surface area (Å²) in [7, 11) is 1.94. The molecule has 110 valence electrons. The van der Waals surface area contributed by atoms with Gasteiger partial charge in [0.15, 0.2) is 0 Å². The molecular weight excluding hydrogens is 282 g/mol. The van der Waals surface area contributed by atoms with Crippen LogP contribution in [0.15, 0.2) is 42.5 Å². The lowest BCUT2D eigenvalue weighted by atomic mass is 9.78. The fourth-order valence-electron chi connectivity index (χ4n) is 2.85. The number of hydrogen-bond donors (Lipinski definition) is 1. The van der Waals surface area contributed by atoms with Crippen molar-refractivity contribution < 1.29 is 4.74 Å². The van der Waals surface area contributed by atoms with Crippen LogP contribution in [0, 0.1) is 0 Å². The van der Waals surface area contributed by atoms with Crippen LogP contribution in [0.1, 0.15) is 35.6 Å². The summed E-state index contributed by atoms with van der Waals surface area (Å²) >= 11 is 6.10. The number of rotatable bonds is 5. The molecule has 0 heterocycles. The first kappa shape index (κ1) is 14.4. The highest BCUT2D eigenvalue weighted by atomic mass is 35.5. The van der Waals surface area contributed by atoms with Crippen LogP contribution in [0.25, 0.3) is 0 Å². The van der Waals surface area contributed by atoms with Gasteiger partial charge in [-0.15, -0.1) is 0 Å². The average molecular weight is 302 g/mol. The Balaban J connectivity index is 1.72. The van der Waals surface area contributed by atoms with Crippen LogP contribution in [-0.2, 0) is 6.42 Å². The van der Waals surface area contributed by atoms with E-state index in [4.69, 9.17) is 16.3 Å². The van der Waals surface area contributed by atoms with Crippen molar-refractivity contribution in [2.75, 3.05) is 13.7 Å². The maximum absolute atomic E-state index is 6.10. The van der Waals surface area contributed by atoms with Crippen molar-refractivity contribution in [3.05, 3.63) is 64.2 Å². The van der Waals surface area contributed by atoms with Crippen molar-refractivity contribution in [3.63, 3.8) is 0 Å². The molecule has 21 heavy (non-hydrogen) atoms. The van der Waals surface area contributed by atoms with E-state index in [9.17, 15) is 0 Å². The van der Waals surface area contributed by atoms with Gasteiger partial charge in [-0.25, -0.2) is 0 Å². The lowest BCUT2D eigenvalue weighted by molar-refractivity contribution is 0.271. The van der Waals surface area contributed by atoms with Crippen LogP contribution >= 0.6 is 11.6 Å². The van der Waals surface area contributed by atoms with E-state index in [0.29, 0.717) is 5.92 Å². The standard InChI is InChI=1S/C18H20ClNO/c1-12(20-2)17-10-15(19)7-8-18(17)21-11-14-9-13-5-3-4-6-16(13)14/h3-8,10,12,14,20H,9,11H2,1-2H3. The summed E-state index contributed by atoms with van der Waals surface area (Å²) in [5.74, 6) is 1.43. The Morgan fingerprint density at radius 3 is 2.86 bits per heavy atom. The van der Waals surface area contributed by atoms with Gasteiger partial charge < -0.3 is 10.1 Å². The minimum absolute atomic E-state index is 0.215. The second-order valence-corrected chi connectivity index (χ2v) is 6.04. The fourth-order valence-corrected chi connectivity index (χ4v) is 3.03. The number of ether oxygens (including phenoxy) is 1. The second kappa shape index (κ2) is 6.08. The summed E-state index contributed by atoms with van der Waals surface area (Å²) in [5.41, 5.74) is 3.98. The topological polar surface area (TPSA) is 21.3 Å². The third-order valence-corrected chi connectivity index (χ3v) is 4.51.